The topological polar surface area (TPSA) is 25.4 Å². The van der Waals surface area contributed by atoms with Gasteiger partial charge in [-0.15, -0.1) is 0 Å². The highest BCUT2D eigenvalue weighted by molar-refractivity contribution is 9.10. The molecular formula is C12H15BrN2O. The summed E-state index contributed by atoms with van der Waals surface area (Å²) in [5.41, 5.74) is 1.38. The van der Waals surface area contributed by atoms with Gasteiger partial charge in [0.15, 0.2) is 0 Å². The summed E-state index contributed by atoms with van der Waals surface area (Å²) in [6.07, 6.45) is 5.11. The third-order valence-corrected chi connectivity index (χ3v) is 3.29. The van der Waals surface area contributed by atoms with Crippen LogP contribution in [-0.4, -0.2) is 31.8 Å². The molecule has 0 aliphatic carbocycles. The zero-order valence-corrected chi connectivity index (χ0v) is 10.9. The molecule has 0 unspecified atom stereocenters. The minimum absolute atomic E-state index is 0.747. The number of hydrogen-bond donors (Lipinski definition) is 0. The summed E-state index contributed by atoms with van der Waals surface area (Å²) in [5, 5.41) is 0. The molecule has 86 valence electrons. The van der Waals surface area contributed by atoms with Crippen LogP contribution in [0.5, 0.6) is 0 Å². The Balaban J connectivity index is 2.07. The first-order chi connectivity index (χ1) is 7.81. The van der Waals surface area contributed by atoms with Crippen molar-refractivity contribution < 1.29 is 4.74 Å². The van der Waals surface area contributed by atoms with Gasteiger partial charge in [-0.2, -0.15) is 0 Å². The molecule has 0 saturated carbocycles. The van der Waals surface area contributed by atoms with Gasteiger partial charge in [0, 0.05) is 26.4 Å². The predicted octanol–water partition coefficient (Wildman–Crippen LogP) is 2.63. The van der Waals surface area contributed by atoms with E-state index in [1.807, 2.05) is 18.3 Å². The third-order valence-electron chi connectivity index (χ3n) is 2.67. The molecule has 0 atom stereocenters. The molecular weight excluding hydrogens is 268 g/mol. The van der Waals surface area contributed by atoms with Crippen LogP contribution in [0.2, 0.25) is 0 Å². The van der Waals surface area contributed by atoms with Gasteiger partial charge in [0.25, 0.3) is 0 Å². The summed E-state index contributed by atoms with van der Waals surface area (Å²) >= 11 is 3.53. The second-order valence-electron chi connectivity index (χ2n) is 3.80. The smallest absolute Gasteiger partial charge is 0.143 e. The molecule has 0 fully saturated rings. The molecule has 1 aliphatic rings. The summed E-state index contributed by atoms with van der Waals surface area (Å²) in [6.45, 7) is 2.66. The fourth-order valence-electron chi connectivity index (χ4n) is 1.83. The molecule has 0 amide bonds. The maximum absolute atomic E-state index is 5.13. The second-order valence-corrected chi connectivity index (χ2v) is 4.65. The van der Waals surface area contributed by atoms with Gasteiger partial charge in [-0.3, -0.25) is 0 Å². The first kappa shape index (κ1) is 11.6. The Bertz CT molecular complexity index is 392. The van der Waals surface area contributed by atoms with E-state index >= 15 is 0 Å². The molecule has 0 spiro atoms. The number of hydrogen-bond acceptors (Lipinski definition) is 3. The molecule has 1 aliphatic heterocycles. The van der Waals surface area contributed by atoms with Crippen LogP contribution in [0.15, 0.2) is 34.5 Å². The van der Waals surface area contributed by atoms with Crippen molar-refractivity contribution in [3.8, 4) is 0 Å². The van der Waals surface area contributed by atoms with Gasteiger partial charge in [0.2, 0.25) is 0 Å². The SMILES string of the molecule is COCC1=CCN(c2ncccc2Br)CC1. The van der Waals surface area contributed by atoms with E-state index in [1.54, 1.807) is 7.11 Å². The van der Waals surface area contributed by atoms with Crippen LogP contribution in [0.3, 0.4) is 0 Å². The lowest BCUT2D eigenvalue weighted by Gasteiger charge is -2.27. The van der Waals surface area contributed by atoms with Gasteiger partial charge in [-0.25, -0.2) is 4.98 Å². The van der Waals surface area contributed by atoms with Crippen molar-refractivity contribution in [2.45, 2.75) is 6.42 Å². The Hall–Kier alpha value is -0.870. The molecule has 1 aromatic heterocycles. The number of nitrogens with zero attached hydrogens (tertiary/aromatic N) is 2. The first-order valence-electron chi connectivity index (χ1n) is 5.33. The number of rotatable bonds is 3. The molecule has 0 bridgehead atoms. The molecule has 16 heavy (non-hydrogen) atoms. The summed E-state index contributed by atoms with van der Waals surface area (Å²) in [4.78, 5) is 6.66. The minimum Gasteiger partial charge on any atom is -0.380 e. The molecule has 2 heterocycles. The number of ether oxygens (including phenoxy) is 1. The van der Waals surface area contributed by atoms with Crippen molar-refractivity contribution in [3.63, 3.8) is 0 Å². The van der Waals surface area contributed by atoms with Crippen molar-refractivity contribution in [2.75, 3.05) is 31.7 Å². The zero-order valence-electron chi connectivity index (χ0n) is 9.32. The average molecular weight is 283 g/mol. The standard InChI is InChI=1S/C12H15BrN2O/c1-16-9-10-4-7-15(8-5-10)12-11(13)3-2-6-14-12/h2-4,6H,5,7-9H2,1H3. The van der Waals surface area contributed by atoms with Gasteiger partial charge >= 0.3 is 0 Å². The van der Waals surface area contributed by atoms with Gasteiger partial charge in [-0.05, 0) is 40.1 Å². The van der Waals surface area contributed by atoms with Crippen LogP contribution < -0.4 is 4.90 Å². The van der Waals surface area contributed by atoms with Crippen LogP contribution in [0.25, 0.3) is 0 Å². The summed E-state index contributed by atoms with van der Waals surface area (Å²) < 4.78 is 6.19. The molecule has 4 heteroatoms. The van der Waals surface area contributed by atoms with Crippen molar-refractivity contribution in [3.05, 3.63) is 34.5 Å². The molecule has 0 saturated heterocycles. The lowest BCUT2D eigenvalue weighted by atomic mass is 10.1. The highest BCUT2D eigenvalue weighted by Crippen LogP contribution is 2.25. The number of methoxy groups -OCH3 is 1. The highest BCUT2D eigenvalue weighted by Gasteiger charge is 2.14. The van der Waals surface area contributed by atoms with Gasteiger partial charge in [-0.1, -0.05) is 6.08 Å². The van der Waals surface area contributed by atoms with Crippen LogP contribution >= 0.6 is 15.9 Å². The quantitative estimate of drug-likeness (QED) is 0.797. The third kappa shape index (κ3) is 2.62. The molecule has 0 N–H and O–H groups in total. The van der Waals surface area contributed by atoms with E-state index in [2.05, 4.69) is 31.9 Å². The first-order valence-corrected chi connectivity index (χ1v) is 6.13. The van der Waals surface area contributed by atoms with Crippen LogP contribution in [0.4, 0.5) is 5.82 Å². The Kier molecular flexibility index (Phi) is 3.96. The van der Waals surface area contributed by atoms with Crippen molar-refractivity contribution >= 4 is 21.7 Å². The van der Waals surface area contributed by atoms with E-state index in [-0.39, 0.29) is 0 Å². The Morgan fingerprint density at radius 3 is 3.06 bits per heavy atom. The summed E-state index contributed by atoms with van der Waals surface area (Å²) in [5.74, 6) is 1.02. The summed E-state index contributed by atoms with van der Waals surface area (Å²) in [7, 11) is 1.74. The van der Waals surface area contributed by atoms with E-state index in [1.165, 1.54) is 5.57 Å². The number of pyridine rings is 1. The zero-order chi connectivity index (χ0) is 11.4. The lowest BCUT2D eigenvalue weighted by Crippen LogP contribution is -2.30. The number of aromatic nitrogens is 1. The lowest BCUT2D eigenvalue weighted by molar-refractivity contribution is 0.222. The number of anilines is 1. The normalized spacial score (nSPS) is 16.1. The van der Waals surface area contributed by atoms with Crippen molar-refractivity contribution in [2.24, 2.45) is 0 Å². The fraction of sp³-hybridized carbons (Fsp3) is 0.417. The molecule has 3 nitrogen and oxygen atoms in total. The van der Waals surface area contributed by atoms with Gasteiger partial charge < -0.3 is 9.64 Å². The van der Waals surface area contributed by atoms with E-state index in [4.69, 9.17) is 4.74 Å². The van der Waals surface area contributed by atoms with Gasteiger partial charge in [0.05, 0.1) is 11.1 Å². The minimum atomic E-state index is 0.747. The highest BCUT2D eigenvalue weighted by atomic mass is 79.9. The van der Waals surface area contributed by atoms with E-state index in [0.717, 1.165) is 36.4 Å². The van der Waals surface area contributed by atoms with E-state index in [9.17, 15) is 0 Å². The largest absolute Gasteiger partial charge is 0.380 e. The van der Waals surface area contributed by atoms with Gasteiger partial charge in [0.1, 0.15) is 5.82 Å². The fourth-order valence-corrected chi connectivity index (χ4v) is 2.34. The Morgan fingerprint density at radius 1 is 1.56 bits per heavy atom. The predicted molar refractivity (Wildman–Crippen MR) is 68.7 cm³/mol. The average Bonchev–Trinajstić information content (AvgIpc) is 2.31. The monoisotopic (exact) mass is 282 g/mol. The molecule has 0 radical (unpaired) electrons. The number of halogens is 1. The maximum atomic E-state index is 5.13. The van der Waals surface area contributed by atoms with Crippen LogP contribution in [-0.2, 0) is 4.74 Å². The summed E-state index contributed by atoms with van der Waals surface area (Å²) in [6, 6.07) is 3.96. The molecule has 0 aromatic carbocycles. The Labute approximate surface area is 104 Å². The second kappa shape index (κ2) is 5.46. The maximum Gasteiger partial charge on any atom is 0.143 e. The van der Waals surface area contributed by atoms with Crippen LogP contribution in [0.1, 0.15) is 6.42 Å². The van der Waals surface area contributed by atoms with Crippen molar-refractivity contribution in [1.29, 1.82) is 0 Å². The molecule has 1 aromatic rings. The van der Waals surface area contributed by atoms with E-state index in [0.29, 0.717) is 0 Å². The Morgan fingerprint density at radius 2 is 2.44 bits per heavy atom. The van der Waals surface area contributed by atoms with E-state index < -0.39 is 0 Å². The van der Waals surface area contributed by atoms with Crippen LogP contribution in [0, 0.1) is 0 Å². The van der Waals surface area contributed by atoms with Crippen molar-refractivity contribution in [1.82, 2.24) is 4.98 Å². The molecule has 2 rings (SSSR count).